The van der Waals surface area contributed by atoms with Crippen LogP contribution in [0.4, 0.5) is 0 Å². The molecule has 1 heterocycles. The standard InChI is InChI=1S/C73H137O18PS/c1-12-22-42-77-55-61(80-45-25-15-4)62(56-78-43-23-13-2)88-72(58(11)79-44-24-14-3)89-68-66(84-49-29-19-8)65(83-48-28-18-7)67(85-50-30-20-9)69(70(68)91-92(75,76)52-38-33-32-34-39-53-93-57-59-40-36-35-37-41-59)90-73-71(86-51-31-21-10)64(82-47-27-17-6)63(60(54-74)87-73)81-46-26-16-5/h35-37,40-41,58,60-74H,12-34,38-39,42-57H2,1-11H3,(H,75,76)/t58-,60?,61+,62?,63-,64?,65-,66-,67?,68?,69?,70-,71-,72-,73-/m1/s1. The van der Waals surface area contributed by atoms with E-state index in [4.69, 9.17) is 70.8 Å². The van der Waals surface area contributed by atoms with E-state index in [2.05, 4.69) is 93.5 Å². The smallest absolute Gasteiger partial charge is 0.328 e. The van der Waals surface area contributed by atoms with Crippen LogP contribution in [0.2, 0.25) is 0 Å². The summed E-state index contributed by atoms with van der Waals surface area (Å²) in [6.07, 6.45) is 6.47. The summed E-state index contributed by atoms with van der Waals surface area (Å²) in [6, 6.07) is 10.5. The van der Waals surface area contributed by atoms with Gasteiger partial charge in [0, 0.05) is 78.0 Å². The van der Waals surface area contributed by atoms with Gasteiger partial charge in [-0.15, -0.1) is 0 Å². The molecule has 3 rings (SSSR count). The fourth-order valence-corrected chi connectivity index (χ4v) is 13.4. The molecular weight excluding hydrogens is 1230 g/mol. The van der Waals surface area contributed by atoms with E-state index < -0.39 is 106 Å². The van der Waals surface area contributed by atoms with Crippen molar-refractivity contribution < 1.29 is 85.4 Å². The molecule has 18 nitrogen and oxygen atoms in total. The van der Waals surface area contributed by atoms with Crippen molar-refractivity contribution in [2.45, 2.75) is 334 Å². The van der Waals surface area contributed by atoms with Crippen LogP contribution in [0.5, 0.6) is 0 Å². The fraction of sp³-hybridized carbons (Fsp3) is 0.918. The summed E-state index contributed by atoms with van der Waals surface area (Å²) in [6.45, 7) is 27.3. The minimum absolute atomic E-state index is 0.118. The summed E-state index contributed by atoms with van der Waals surface area (Å²) in [5.41, 5.74) is 1.32. The maximum Gasteiger partial charge on any atom is 0.328 e. The normalized spacial score (nSPS) is 24.7. The van der Waals surface area contributed by atoms with E-state index in [9.17, 15) is 10.00 Å². The first-order valence-electron chi connectivity index (χ1n) is 37.4. The number of rotatable bonds is 63. The van der Waals surface area contributed by atoms with Gasteiger partial charge >= 0.3 is 7.60 Å². The van der Waals surface area contributed by atoms with Crippen molar-refractivity contribution in [2.24, 2.45) is 0 Å². The lowest BCUT2D eigenvalue weighted by atomic mass is 9.83. The minimum atomic E-state index is -4.55. The molecule has 93 heavy (non-hydrogen) atoms. The molecule has 0 amide bonds. The summed E-state index contributed by atoms with van der Waals surface area (Å²) in [5.74, 6) is 2.01. The van der Waals surface area contributed by atoms with Crippen LogP contribution in [-0.4, -0.2) is 200 Å². The Labute approximate surface area is 570 Å². The SMILES string of the molecule is CCCCOCC(O[C@H](OC1[C@@H](OP(=O)(O)CCCCCCCSCc2ccccc2)C(O[C@H]2OC(CO)[C@@H](OCCCC)C(OCCCC)[C@H]2OCCCC)C(OCCCC)[C@H](OCCCC)[C@H]1OCCCC)[C@@H](C)OCCCC)[C@H](COCCCC)OCCCC. The molecule has 16 atom stereocenters. The van der Waals surface area contributed by atoms with Gasteiger partial charge in [0.05, 0.1) is 19.8 Å². The van der Waals surface area contributed by atoms with Gasteiger partial charge < -0.3 is 76.3 Å². The average Bonchev–Trinajstić information content (AvgIpc) is 0.776. The summed E-state index contributed by atoms with van der Waals surface area (Å²) >= 11 is 1.93. The predicted octanol–water partition coefficient (Wildman–Crippen LogP) is 15.8. The van der Waals surface area contributed by atoms with Crippen molar-refractivity contribution in [1.29, 1.82) is 0 Å². The Hall–Kier alpha value is -0.880. The van der Waals surface area contributed by atoms with Crippen LogP contribution in [0, 0.1) is 0 Å². The zero-order valence-electron chi connectivity index (χ0n) is 60.3. The zero-order chi connectivity index (χ0) is 67.6. The van der Waals surface area contributed by atoms with Gasteiger partial charge in [0.25, 0.3) is 0 Å². The van der Waals surface area contributed by atoms with Crippen molar-refractivity contribution in [3.05, 3.63) is 35.9 Å². The van der Waals surface area contributed by atoms with E-state index in [0.717, 1.165) is 153 Å². The molecule has 0 aromatic heterocycles. The Morgan fingerprint density at radius 2 is 0.903 bits per heavy atom. The lowest BCUT2D eigenvalue weighted by Gasteiger charge is -2.53. The topological polar surface area (TPSA) is 196 Å². The second-order valence-corrected chi connectivity index (χ2v) is 28.4. The maximum atomic E-state index is 15.5. The summed E-state index contributed by atoms with van der Waals surface area (Å²) in [7, 11) is -4.55. The molecule has 1 aromatic carbocycles. The zero-order valence-corrected chi connectivity index (χ0v) is 62.0. The molecular formula is C73H137O18PS. The highest BCUT2D eigenvalue weighted by Crippen LogP contribution is 2.49. The number of benzene rings is 1. The number of ether oxygens (including phenoxy) is 14. The molecule has 20 heteroatoms. The largest absolute Gasteiger partial charge is 0.394 e. The number of hydrogen-bond donors (Lipinski definition) is 2. The molecule has 1 aromatic rings. The molecule has 2 fully saturated rings. The van der Waals surface area contributed by atoms with Gasteiger partial charge in [-0.05, 0) is 95.3 Å². The molecule has 0 radical (unpaired) electrons. The van der Waals surface area contributed by atoms with Crippen molar-refractivity contribution >= 4 is 19.4 Å². The Balaban J connectivity index is 2.43. The minimum Gasteiger partial charge on any atom is -0.394 e. The summed E-state index contributed by atoms with van der Waals surface area (Å²) < 4.78 is 120. The third-order valence-electron chi connectivity index (χ3n) is 16.9. The Morgan fingerprint density at radius 3 is 1.43 bits per heavy atom. The van der Waals surface area contributed by atoms with Crippen LogP contribution in [-0.2, 0) is 81.2 Å². The molecule has 2 aliphatic rings. The average molecular weight is 1370 g/mol. The first kappa shape index (κ1) is 86.3. The van der Waals surface area contributed by atoms with Crippen LogP contribution in [0.15, 0.2) is 30.3 Å². The van der Waals surface area contributed by atoms with Gasteiger partial charge in [-0.25, -0.2) is 0 Å². The van der Waals surface area contributed by atoms with Crippen molar-refractivity contribution in [2.75, 3.05) is 97.8 Å². The number of hydrogen-bond acceptors (Lipinski definition) is 18. The highest BCUT2D eigenvalue weighted by atomic mass is 32.2. The van der Waals surface area contributed by atoms with Crippen LogP contribution in [0.25, 0.3) is 0 Å². The van der Waals surface area contributed by atoms with E-state index >= 15 is 4.57 Å². The predicted molar refractivity (Wildman–Crippen MR) is 374 cm³/mol. The molecule has 2 N–H and O–H groups in total. The lowest BCUT2D eigenvalue weighted by Crippen LogP contribution is -2.70. The lowest BCUT2D eigenvalue weighted by molar-refractivity contribution is -0.365. The van der Waals surface area contributed by atoms with E-state index in [-0.39, 0.29) is 19.4 Å². The molecule has 0 bridgehead atoms. The van der Waals surface area contributed by atoms with Crippen LogP contribution >= 0.6 is 19.4 Å². The molecule has 0 spiro atoms. The van der Waals surface area contributed by atoms with Crippen LogP contribution in [0.1, 0.15) is 242 Å². The fourth-order valence-electron chi connectivity index (χ4n) is 11.1. The molecule has 1 aliphatic carbocycles. The van der Waals surface area contributed by atoms with Gasteiger partial charge in [0.1, 0.15) is 79.4 Å². The summed E-state index contributed by atoms with van der Waals surface area (Å²) in [5, 5.41) is 11.4. The number of aliphatic hydroxyl groups excluding tert-OH is 1. The second kappa shape index (κ2) is 55.8. The first-order chi connectivity index (χ1) is 45.5. The Bertz CT molecular complexity index is 1890. The first-order valence-corrected chi connectivity index (χ1v) is 40.3. The van der Waals surface area contributed by atoms with E-state index in [1.54, 1.807) is 0 Å². The third-order valence-corrected chi connectivity index (χ3v) is 19.5. The Kier molecular flexibility index (Phi) is 51.8. The van der Waals surface area contributed by atoms with Gasteiger partial charge in [-0.1, -0.05) is 183 Å². The highest BCUT2D eigenvalue weighted by molar-refractivity contribution is 7.98. The van der Waals surface area contributed by atoms with E-state index in [0.29, 0.717) is 85.3 Å². The molecule has 1 saturated heterocycles. The van der Waals surface area contributed by atoms with E-state index in [1.807, 2.05) is 24.8 Å². The quantitative estimate of drug-likeness (QED) is 0.0355. The maximum absolute atomic E-state index is 15.5. The van der Waals surface area contributed by atoms with Gasteiger partial charge in [0.2, 0.25) is 0 Å². The van der Waals surface area contributed by atoms with Crippen molar-refractivity contribution in [1.82, 2.24) is 0 Å². The van der Waals surface area contributed by atoms with Crippen molar-refractivity contribution in [3.8, 4) is 0 Å². The van der Waals surface area contributed by atoms with Crippen molar-refractivity contribution in [3.63, 3.8) is 0 Å². The molecule has 7 unspecified atom stereocenters. The number of aliphatic hydroxyl groups is 1. The molecule has 1 saturated carbocycles. The van der Waals surface area contributed by atoms with E-state index in [1.165, 1.54) is 5.56 Å². The number of unbranched alkanes of at least 4 members (excludes halogenated alkanes) is 14. The second-order valence-electron chi connectivity index (χ2n) is 25.4. The highest BCUT2D eigenvalue weighted by Gasteiger charge is 2.60. The summed E-state index contributed by atoms with van der Waals surface area (Å²) in [4.78, 5) is 12.7. The Morgan fingerprint density at radius 1 is 0.473 bits per heavy atom. The third kappa shape index (κ3) is 35.3. The van der Waals surface area contributed by atoms with Crippen LogP contribution in [0.3, 0.4) is 0 Å². The molecule has 1 aliphatic heterocycles. The van der Waals surface area contributed by atoms with Gasteiger partial charge in [0.15, 0.2) is 12.6 Å². The number of thioether (sulfide) groups is 1. The molecule has 548 valence electrons. The van der Waals surface area contributed by atoms with Crippen LogP contribution < -0.4 is 0 Å². The van der Waals surface area contributed by atoms with Gasteiger partial charge in [-0.3, -0.25) is 9.09 Å². The van der Waals surface area contributed by atoms with Gasteiger partial charge in [-0.2, -0.15) is 11.8 Å². The monoisotopic (exact) mass is 1360 g/mol.